The average molecular weight is 284 g/mol. The second kappa shape index (κ2) is 4.90. The Morgan fingerprint density at radius 3 is 1.89 bits per heavy atom. The lowest BCUT2D eigenvalue weighted by molar-refractivity contribution is 0.937. The fourth-order valence-electron chi connectivity index (χ4n) is 2.43. The fourth-order valence-corrected chi connectivity index (χ4v) is 3.47. The Labute approximate surface area is 121 Å². The minimum Gasteiger partial charge on any atom is -0.270 e. The molecule has 2 aromatic carbocycles. The molecule has 0 aliphatic heterocycles. The largest absolute Gasteiger partial charge is 0.270 e. The molecule has 0 amide bonds. The molecule has 0 saturated carbocycles. The van der Waals surface area contributed by atoms with Gasteiger partial charge >= 0.3 is 0 Å². The second-order valence-electron chi connectivity index (χ2n) is 4.96. The third-order valence-electron chi connectivity index (χ3n) is 3.24. The molecular formula is C13H15B2N2PS. The average Bonchev–Trinajstić information content (AvgIpc) is 2.62. The number of hydrogen-bond acceptors (Lipinski definition) is 2. The van der Waals surface area contributed by atoms with Crippen molar-refractivity contribution in [1.82, 2.24) is 8.05 Å². The molecule has 0 N–H and O–H groups in total. The standard InChI is InChI=1S/C13H15B2N2PS/c1-16(18)19-17-12-4-2-8(14)6-10(12)11-7-9(15)3-5-13(11)17/h2-7H,14-15,18H2,1H3. The van der Waals surface area contributed by atoms with E-state index < -0.39 is 0 Å². The Hall–Kier alpha value is -0.890. The molecule has 94 valence electrons. The van der Waals surface area contributed by atoms with E-state index in [9.17, 15) is 0 Å². The van der Waals surface area contributed by atoms with Crippen LogP contribution in [0.2, 0.25) is 0 Å². The molecule has 6 heteroatoms. The van der Waals surface area contributed by atoms with E-state index in [0.29, 0.717) is 0 Å². The Kier molecular flexibility index (Phi) is 3.38. The summed E-state index contributed by atoms with van der Waals surface area (Å²) >= 11 is 1.69. The van der Waals surface area contributed by atoms with Gasteiger partial charge in [-0.15, -0.1) is 0 Å². The van der Waals surface area contributed by atoms with Crippen molar-refractivity contribution in [2.75, 3.05) is 7.05 Å². The number of benzene rings is 2. The second-order valence-corrected chi connectivity index (χ2v) is 7.22. The van der Waals surface area contributed by atoms with Crippen LogP contribution in [0.3, 0.4) is 0 Å². The lowest BCUT2D eigenvalue weighted by Gasteiger charge is -2.11. The van der Waals surface area contributed by atoms with Crippen molar-refractivity contribution in [3.8, 4) is 0 Å². The van der Waals surface area contributed by atoms with Gasteiger partial charge in [0.2, 0.25) is 0 Å². The number of aromatic nitrogens is 1. The van der Waals surface area contributed by atoms with Crippen molar-refractivity contribution in [3.63, 3.8) is 0 Å². The molecule has 3 rings (SSSR count). The molecule has 0 fully saturated rings. The normalized spacial score (nSPS) is 11.7. The van der Waals surface area contributed by atoms with Crippen LogP contribution < -0.4 is 10.9 Å². The van der Waals surface area contributed by atoms with Crippen molar-refractivity contribution in [2.24, 2.45) is 0 Å². The van der Waals surface area contributed by atoms with Crippen LogP contribution in [0.15, 0.2) is 36.4 Å². The molecule has 0 saturated heterocycles. The van der Waals surface area contributed by atoms with Gasteiger partial charge in [-0.1, -0.05) is 44.6 Å². The zero-order valence-corrected chi connectivity index (χ0v) is 13.3. The van der Waals surface area contributed by atoms with E-state index in [4.69, 9.17) is 0 Å². The van der Waals surface area contributed by atoms with Crippen molar-refractivity contribution in [1.29, 1.82) is 0 Å². The third kappa shape index (κ3) is 2.31. The van der Waals surface area contributed by atoms with Crippen LogP contribution in [0.1, 0.15) is 0 Å². The summed E-state index contributed by atoms with van der Waals surface area (Å²) in [5, 5.41) is 2.66. The maximum absolute atomic E-state index is 2.70. The maximum Gasteiger partial charge on any atom is 0.139 e. The molecule has 0 radical (unpaired) electrons. The van der Waals surface area contributed by atoms with Crippen molar-refractivity contribution in [3.05, 3.63) is 36.4 Å². The first-order valence-electron chi connectivity index (χ1n) is 6.24. The predicted octanol–water partition coefficient (Wildman–Crippen LogP) is 0.444. The van der Waals surface area contributed by atoms with Gasteiger partial charge in [0.05, 0.1) is 11.0 Å². The van der Waals surface area contributed by atoms with Gasteiger partial charge in [0.1, 0.15) is 15.7 Å². The molecule has 1 atom stereocenters. The lowest BCUT2D eigenvalue weighted by Crippen LogP contribution is -2.01. The molecule has 2 nitrogen and oxygen atoms in total. The van der Waals surface area contributed by atoms with Gasteiger partial charge in [0, 0.05) is 30.0 Å². The number of nitrogens with zero attached hydrogens (tertiary/aromatic N) is 2. The molecule has 0 aliphatic carbocycles. The Bertz CT molecular complexity index is 711. The number of hydrogen-bond donors (Lipinski definition) is 0. The van der Waals surface area contributed by atoms with Crippen molar-refractivity contribution < 1.29 is 0 Å². The summed E-state index contributed by atoms with van der Waals surface area (Å²) in [7, 11) is 9.02. The van der Waals surface area contributed by atoms with Crippen LogP contribution >= 0.6 is 21.5 Å². The highest BCUT2D eigenvalue weighted by molar-refractivity contribution is 7.98. The van der Waals surface area contributed by atoms with Crippen molar-refractivity contribution >= 4 is 69.9 Å². The molecule has 19 heavy (non-hydrogen) atoms. The fraction of sp³-hybridized carbons (Fsp3) is 0.0769. The van der Waals surface area contributed by atoms with Crippen LogP contribution in [0.4, 0.5) is 0 Å². The van der Waals surface area contributed by atoms with Crippen LogP contribution in [-0.4, -0.2) is 30.8 Å². The summed E-state index contributed by atoms with van der Waals surface area (Å²) in [6.45, 7) is 0. The van der Waals surface area contributed by atoms with Crippen LogP contribution in [0, 0.1) is 0 Å². The Morgan fingerprint density at radius 1 is 1.00 bits per heavy atom. The zero-order valence-electron chi connectivity index (χ0n) is 11.3. The van der Waals surface area contributed by atoms with Gasteiger partial charge in [-0.25, -0.2) is 4.08 Å². The number of rotatable bonds is 2. The van der Waals surface area contributed by atoms with E-state index in [1.54, 1.807) is 12.1 Å². The van der Waals surface area contributed by atoms with Gasteiger partial charge in [-0.05, 0) is 12.1 Å². The Morgan fingerprint density at radius 2 is 1.47 bits per heavy atom. The highest BCUT2D eigenvalue weighted by Crippen LogP contribution is 2.32. The first-order chi connectivity index (χ1) is 9.06. The van der Waals surface area contributed by atoms with Crippen LogP contribution in [0.5, 0.6) is 0 Å². The molecule has 0 bridgehead atoms. The third-order valence-corrected chi connectivity index (χ3v) is 4.34. The molecule has 1 unspecified atom stereocenters. The zero-order chi connectivity index (χ0) is 13.6. The van der Waals surface area contributed by atoms with E-state index in [2.05, 4.69) is 65.5 Å². The van der Waals surface area contributed by atoms with E-state index in [0.717, 1.165) is 0 Å². The molecule has 0 spiro atoms. The van der Waals surface area contributed by atoms with Gasteiger partial charge in [-0.2, -0.15) is 0 Å². The summed E-state index contributed by atoms with van der Waals surface area (Å²) in [5.41, 5.74) is 5.14. The van der Waals surface area contributed by atoms with Gasteiger partial charge in [-0.3, -0.25) is 3.97 Å². The van der Waals surface area contributed by atoms with Gasteiger partial charge < -0.3 is 0 Å². The summed E-state index contributed by atoms with van der Waals surface area (Å²) in [6.07, 6.45) is 0. The quantitative estimate of drug-likeness (QED) is 0.383. The van der Waals surface area contributed by atoms with E-state index in [-0.39, 0.29) is 0 Å². The van der Waals surface area contributed by atoms with E-state index >= 15 is 0 Å². The molecular weight excluding hydrogens is 269 g/mol. The van der Waals surface area contributed by atoms with Crippen LogP contribution in [-0.2, 0) is 0 Å². The minimum absolute atomic E-state index is 1.27. The predicted molar refractivity (Wildman–Crippen MR) is 96.3 cm³/mol. The summed E-state index contributed by atoms with van der Waals surface area (Å²) in [4.78, 5) is 0. The van der Waals surface area contributed by atoms with E-state index in [1.165, 1.54) is 32.7 Å². The summed E-state index contributed by atoms with van der Waals surface area (Å²) in [5.74, 6) is 0. The lowest BCUT2D eigenvalue weighted by atomic mass is 9.92. The summed E-state index contributed by atoms with van der Waals surface area (Å²) in [6, 6.07) is 13.3. The highest BCUT2D eigenvalue weighted by atomic mass is 32.2. The highest BCUT2D eigenvalue weighted by Gasteiger charge is 2.12. The van der Waals surface area contributed by atoms with Gasteiger partial charge in [0.25, 0.3) is 0 Å². The number of fused-ring (bicyclic) bond motifs is 3. The first kappa shape index (κ1) is 13.1. The van der Waals surface area contributed by atoms with E-state index in [1.807, 2.05) is 11.1 Å². The molecule has 3 aromatic rings. The Balaban J connectivity index is 2.43. The molecule has 1 aromatic heterocycles. The smallest absolute Gasteiger partial charge is 0.139 e. The monoisotopic (exact) mass is 284 g/mol. The maximum atomic E-state index is 2.70. The SMILES string of the molecule is Bc1ccc2c(c1)c1cc(B)ccc1n2SN(C)P. The molecule has 1 heterocycles. The van der Waals surface area contributed by atoms with Crippen molar-refractivity contribution in [2.45, 2.75) is 0 Å². The van der Waals surface area contributed by atoms with Crippen LogP contribution in [0.25, 0.3) is 21.8 Å². The molecule has 0 aliphatic rings. The first-order valence-corrected chi connectivity index (χ1v) is 7.49. The summed E-state index contributed by atoms with van der Waals surface area (Å²) < 4.78 is 4.33. The van der Waals surface area contributed by atoms with Gasteiger partial charge in [0.15, 0.2) is 0 Å². The topological polar surface area (TPSA) is 8.17 Å². The minimum atomic E-state index is 1.27.